The summed E-state index contributed by atoms with van der Waals surface area (Å²) in [7, 11) is 0. The van der Waals surface area contributed by atoms with Gasteiger partial charge in [-0.2, -0.15) is 0 Å². The molecule has 0 bridgehead atoms. The quantitative estimate of drug-likeness (QED) is 0.185. The molecule has 2 aromatic carbocycles. The Morgan fingerprint density at radius 2 is 1.42 bits per heavy atom. The molecule has 0 radical (unpaired) electrons. The summed E-state index contributed by atoms with van der Waals surface area (Å²) in [4.78, 5) is 73.0. The number of carbonyl (C=O) groups is 6. The van der Waals surface area contributed by atoms with Crippen LogP contribution in [0.4, 0.5) is 4.79 Å². The van der Waals surface area contributed by atoms with E-state index in [9.17, 15) is 33.9 Å². The summed E-state index contributed by atoms with van der Waals surface area (Å²) in [6.45, 7) is 4.42. The molecule has 0 saturated heterocycles. The van der Waals surface area contributed by atoms with Gasteiger partial charge in [-0.3, -0.25) is 19.2 Å². The maximum absolute atomic E-state index is 12.6. The normalized spacial score (nSPS) is 14.0. The summed E-state index contributed by atoms with van der Waals surface area (Å²) < 4.78 is 5.44. The van der Waals surface area contributed by atoms with Crippen molar-refractivity contribution < 1.29 is 38.6 Å². The van der Waals surface area contributed by atoms with Crippen molar-refractivity contribution in [3.05, 3.63) is 59.7 Å². The van der Waals surface area contributed by atoms with Crippen molar-refractivity contribution in [3.8, 4) is 11.1 Å². The van der Waals surface area contributed by atoms with E-state index >= 15 is 0 Å². The van der Waals surface area contributed by atoms with Crippen LogP contribution in [0.25, 0.3) is 11.1 Å². The van der Waals surface area contributed by atoms with Gasteiger partial charge >= 0.3 is 12.1 Å². The number of ether oxygens (including phenoxy) is 1. The Balaban J connectivity index is 1.48. The molecule has 0 aromatic heterocycles. The van der Waals surface area contributed by atoms with Gasteiger partial charge in [-0.05, 0) is 41.5 Å². The first-order valence-electron chi connectivity index (χ1n) is 13.9. The van der Waals surface area contributed by atoms with Gasteiger partial charge in [0, 0.05) is 5.92 Å². The molecule has 0 aliphatic heterocycles. The summed E-state index contributed by atoms with van der Waals surface area (Å²) in [5, 5.41) is 18.7. The third kappa shape index (κ3) is 9.02. The molecule has 2 aromatic rings. The van der Waals surface area contributed by atoms with E-state index in [0.717, 1.165) is 22.3 Å². The van der Waals surface area contributed by atoms with Crippen LogP contribution in [0.5, 0.6) is 0 Å². The van der Waals surface area contributed by atoms with Crippen LogP contribution in [0.3, 0.4) is 0 Å². The van der Waals surface area contributed by atoms with Crippen molar-refractivity contribution in [1.29, 1.82) is 0 Å². The number of nitrogens with two attached hydrogens (primary N) is 1. The van der Waals surface area contributed by atoms with Crippen LogP contribution in [0.15, 0.2) is 48.5 Å². The number of amides is 5. The molecule has 0 fully saturated rings. The van der Waals surface area contributed by atoms with Gasteiger partial charge in [-0.15, -0.1) is 0 Å². The highest BCUT2D eigenvalue weighted by Gasteiger charge is 2.30. The second-order valence-corrected chi connectivity index (χ2v) is 10.7. The molecule has 5 amide bonds. The van der Waals surface area contributed by atoms with Gasteiger partial charge in [-0.25, -0.2) is 9.59 Å². The number of carboxylic acids is 1. The van der Waals surface area contributed by atoms with E-state index in [4.69, 9.17) is 10.5 Å². The molecule has 230 valence electrons. The highest BCUT2D eigenvalue weighted by molar-refractivity contribution is 5.95. The Morgan fingerprint density at radius 1 is 0.837 bits per heavy atom. The molecular formula is C30H37N5O8. The molecule has 0 spiro atoms. The van der Waals surface area contributed by atoms with E-state index in [0.29, 0.717) is 0 Å². The predicted octanol–water partition coefficient (Wildman–Crippen LogP) is 1.01. The second kappa shape index (κ2) is 14.8. The first kappa shape index (κ1) is 32.6. The number of fused-ring (bicyclic) bond motifs is 3. The van der Waals surface area contributed by atoms with Crippen molar-refractivity contribution >= 4 is 35.7 Å². The lowest BCUT2D eigenvalue weighted by Gasteiger charge is -2.22. The third-order valence-electron chi connectivity index (χ3n) is 6.87. The fourth-order valence-electron chi connectivity index (χ4n) is 4.82. The van der Waals surface area contributed by atoms with Crippen LogP contribution >= 0.6 is 0 Å². The molecule has 0 unspecified atom stereocenters. The standard InChI is InChI=1S/C30H37N5O8/c1-16(2)12-24(29(40)41)35-28(39)23(13-25(31)36)34-26(37)14-32-27(38)17(3)33-30(42)43-15-22-20-10-6-4-8-18(20)19-9-5-7-11-21(19)22/h4-11,16-17,22-24H,12-15H2,1-3H3,(H2,31,36)(H,32,38)(H,33,42)(H,34,37)(H,35,39)(H,40,41)/t17-,23-,24-/m0/s1. The lowest BCUT2D eigenvalue weighted by Crippen LogP contribution is -2.55. The summed E-state index contributed by atoms with van der Waals surface area (Å²) >= 11 is 0. The molecule has 0 heterocycles. The fourth-order valence-corrected chi connectivity index (χ4v) is 4.82. The van der Waals surface area contributed by atoms with Crippen LogP contribution in [-0.4, -0.2) is 72.1 Å². The number of aliphatic carboxylic acids is 1. The van der Waals surface area contributed by atoms with E-state index < -0.39 is 66.8 Å². The van der Waals surface area contributed by atoms with Crippen LogP contribution in [0, 0.1) is 5.92 Å². The van der Waals surface area contributed by atoms with Crippen LogP contribution in [0.2, 0.25) is 0 Å². The van der Waals surface area contributed by atoms with E-state index in [1.54, 1.807) is 13.8 Å². The van der Waals surface area contributed by atoms with Crippen LogP contribution in [-0.2, 0) is 28.7 Å². The Hall–Kier alpha value is -4.94. The van der Waals surface area contributed by atoms with Gasteiger partial charge in [0.25, 0.3) is 0 Å². The number of hydrogen-bond acceptors (Lipinski definition) is 7. The Kier molecular flexibility index (Phi) is 11.2. The first-order chi connectivity index (χ1) is 20.4. The highest BCUT2D eigenvalue weighted by atomic mass is 16.5. The minimum atomic E-state index is -1.45. The molecule has 43 heavy (non-hydrogen) atoms. The van der Waals surface area contributed by atoms with Crippen molar-refractivity contribution in [2.45, 2.75) is 57.7 Å². The van der Waals surface area contributed by atoms with Gasteiger partial charge in [0.2, 0.25) is 23.6 Å². The van der Waals surface area contributed by atoms with Gasteiger partial charge in [-0.1, -0.05) is 62.4 Å². The van der Waals surface area contributed by atoms with Crippen LogP contribution < -0.4 is 27.0 Å². The highest BCUT2D eigenvalue weighted by Crippen LogP contribution is 2.44. The van der Waals surface area contributed by atoms with Crippen molar-refractivity contribution in [2.24, 2.45) is 11.7 Å². The zero-order valence-corrected chi connectivity index (χ0v) is 24.2. The number of carboxylic acid groups (broad SMARTS) is 1. The van der Waals surface area contributed by atoms with Crippen molar-refractivity contribution in [2.75, 3.05) is 13.2 Å². The van der Waals surface area contributed by atoms with E-state index in [1.165, 1.54) is 6.92 Å². The van der Waals surface area contributed by atoms with Gasteiger partial charge in [0.1, 0.15) is 24.7 Å². The lowest BCUT2D eigenvalue weighted by atomic mass is 9.98. The number of alkyl carbamates (subject to hydrolysis) is 1. The molecule has 3 atom stereocenters. The maximum Gasteiger partial charge on any atom is 0.407 e. The van der Waals surface area contributed by atoms with E-state index in [2.05, 4.69) is 21.3 Å². The molecule has 13 heteroatoms. The summed E-state index contributed by atoms with van der Waals surface area (Å²) in [6, 6.07) is 12.0. The van der Waals surface area contributed by atoms with E-state index in [1.807, 2.05) is 48.5 Å². The smallest absolute Gasteiger partial charge is 0.407 e. The minimum absolute atomic E-state index is 0.0511. The van der Waals surface area contributed by atoms with E-state index in [-0.39, 0.29) is 24.9 Å². The zero-order valence-electron chi connectivity index (χ0n) is 24.2. The SMILES string of the molecule is CC(C)C[C@H](NC(=O)[C@H](CC(N)=O)NC(=O)CNC(=O)[C@H](C)NC(=O)OCC1c2ccccc2-c2ccccc21)C(=O)O. The first-order valence-corrected chi connectivity index (χ1v) is 13.9. The number of nitrogens with one attached hydrogen (secondary N) is 4. The fraction of sp³-hybridized carbons (Fsp3) is 0.400. The molecular weight excluding hydrogens is 558 g/mol. The van der Waals surface area contributed by atoms with Crippen molar-refractivity contribution in [3.63, 3.8) is 0 Å². The Bertz CT molecular complexity index is 1330. The Labute approximate surface area is 248 Å². The average Bonchev–Trinajstić information content (AvgIpc) is 3.27. The topological polar surface area (TPSA) is 206 Å². The number of benzene rings is 2. The van der Waals surface area contributed by atoms with Crippen molar-refractivity contribution in [1.82, 2.24) is 21.3 Å². The molecule has 3 rings (SSSR count). The molecule has 1 aliphatic carbocycles. The second-order valence-electron chi connectivity index (χ2n) is 10.7. The third-order valence-corrected chi connectivity index (χ3v) is 6.87. The predicted molar refractivity (Wildman–Crippen MR) is 155 cm³/mol. The summed E-state index contributed by atoms with van der Waals surface area (Å²) in [5.41, 5.74) is 9.41. The van der Waals surface area contributed by atoms with Crippen LogP contribution in [0.1, 0.15) is 50.7 Å². The summed E-state index contributed by atoms with van der Waals surface area (Å²) in [6.07, 6.45) is -1.27. The number of rotatable bonds is 14. The van der Waals surface area contributed by atoms with Gasteiger partial charge < -0.3 is 36.8 Å². The lowest BCUT2D eigenvalue weighted by molar-refractivity contribution is -0.142. The summed E-state index contributed by atoms with van der Waals surface area (Å²) in [5.74, 6) is -4.83. The molecule has 13 nitrogen and oxygen atoms in total. The minimum Gasteiger partial charge on any atom is -0.480 e. The zero-order chi connectivity index (χ0) is 31.7. The molecule has 0 saturated carbocycles. The Morgan fingerprint density at radius 3 is 1.95 bits per heavy atom. The maximum atomic E-state index is 12.6. The molecule has 7 N–H and O–H groups in total. The van der Waals surface area contributed by atoms with Gasteiger partial charge in [0.15, 0.2) is 0 Å². The largest absolute Gasteiger partial charge is 0.480 e. The van der Waals surface area contributed by atoms with Gasteiger partial charge in [0.05, 0.1) is 13.0 Å². The monoisotopic (exact) mass is 595 g/mol. The number of carbonyl (C=O) groups excluding carboxylic acids is 5. The number of hydrogen-bond donors (Lipinski definition) is 6. The molecule has 1 aliphatic rings. The average molecular weight is 596 g/mol. The number of primary amides is 1.